The second kappa shape index (κ2) is 38.1. The van der Waals surface area contributed by atoms with Gasteiger partial charge in [0.25, 0.3) is 0 Å². The van der Waals surface area contributed by atoms with Crippen molar-refractivity contribution in [3.8, 4) is 0 Å². The number of aliphatic hydroxyl groups is 2. The molecule has 5 unspecified atom stereocenters. The minimum atomic E-state index is -4.76. The maximum absolute atomic E-state index is 12.6. The number of carboxylic acid groups (broad SMARTS) is 1. The number of phosphoric ester groups is 1. The summed E-state index contributed by atoms with van der Waals surface area (Å²) in [7, 11) is -4.76. The van der Waals surface area contributed by atoms with Crippen LogP contribution in [0.3, 0.4) is 0 Å². The number of carbonyl (C=O) groups excluding carboxylic acids is 2. The van der Waals surface area contributed by atoms with Crippen molar-refractivity contribution in [1.29, 1.82) is 0 Å². The average molecular weight is 840 g/mol. The standard InChI is InChI=1S/C44H74NO12P/c1-3-4-5-6-7-8-9-10-11-15-18-21-28-33-42(48)54-35-40(36-55-58(52,53)56-37-41(45)44(50)51)57-43(49)34-29-22-19-16-13-12-14-17-20-26-31-39(47)32-27-24-23-25-30-38(2)46/h12-13,17,19-20,22,24-27,30-31,38-41,46-47H,3-11,14-16,18,21,23,28-29,32-37,45H2,1-2H3,(H,50,51)(H,52,53)/b13-12+,20-17+,22-19+,27-24+,30-25-,31-26-. The summed E-state index contributed by atoms with van der Waals surface area (Å²) in [6.07, 6.45) is 38.7. The van der Waals surface area contributed by atoms with Crippen LogP contribution in [0.5, 0.6) is 0 Å². The average Bonchev–Trinajstić information content (AvgIpc) is 3.18. The first-order chi connectivity index (χ1) is 27.9. The van der Waals surface area contributed by atoms with E-state index in [1.165, 1.54) is 57.8 Å². The van der Waals surface area contributed by atoms with Gasteiger partial charge in [0.2, 0.25) is 0 Å². The smallest absolute Gasteiger partial charge is 0.472 e. The van der Waals surface area contributed by atoms with E-state index in [0.29, 0.717) is 38.5 Å². The lowest BCUT2D eigenvalue weighted by atomic mass is 10.0. The van der Waals surface area contributed by atoms with Crippen molar-refractivity contribution < 1.29 is 57.7 Å². The largest absolute Gasteiger partial charge is 0.480 e. The van der Waals surface area contributed by atoms with E-state index in [4.69, 9.17) is 24.8 Å². The lowest BCUT2D eigenvalue weighted by molar-refractivity contribution is -0.161. The number of unbranched alkanes of at least 4 members (excludes halogenated alkanes) is 12. The third-order valence-corrected chi connectivity index (χ3v) is 9.53. The van der Waals surface area contributed by atoms with Crippen LogP contribution in [0.4, 0.5) is 0 Å². The number of carbonyl (C=O) groups is 3. The quantitative estimate of drug-likeness (QED) is 0.0129. The molecule has 0 aromatic heterocycles. The Morgan fingerprint density at radius 3 is 1.83 bits per heavy atom. The number of nitrogens with two attached hydrogens (primary N) is 1. The third kappa shape index (κ3) is 38.4. The number of phosphoric acid groups is 1. The molecule has 0 aromatic carbocycles. The second-order valence-corrected chi connectivity index (χ2v) is 15.7. The fourth-order valence-corrected chi connectivity index (χ4v) is 6.02. The van der Waals surface area contributed by atoms with Crippen LogP contribution in [0.25, 0.3) is 0 Å². The van der Waals surface area contributed by atoms with Crippen LogP contribution in [0.15, 0.2) is 72.9 Å². The second-order valence-electron chi connectivity index (χ2n) is 14.2. The summed E-state index contributed by atoms with van der Waals surface area (Å²) < 4.78 is 32.5. The Kier molecular flexibility index (Phi) is 36.0. The van der Waals surface area contributed by atoms with Gasteiger partial charge >= 0.3 is 25.7 Å². The van der Waals surface area contributed by atoms with Gasteiger partial charge in [-0.05, 0) is 45.4 Å². The molecule has 332 valence electrons. The summed E-state index contributed by atoms with van der Waals surface area (Å²) in [5.41, 5.74) is 5.32. The van der Waals surface area contributed by atoms with Crippen LogP contribution in [-0.4, -0.2) is 82.3 Å². The molecule has 0 aliphatic heterocycles. The van der Waals surface area contributed by atoms with Crippen molar-refractivity contribution >= 4 is 25.7 Å². The van der Waals surface area contributed by atoms with Gasteiger partial charge in [0.15, 0.2) is 6.10 Å². The number of hydrogen-bond donors (Lipinski definition) is 5. The van der Waals surface area contributed by atoms with Crippen molar-refractivity contribution in [2.75, 3.05) is 19.8 Å². The Morgan fingerprint density at radius 1 is 0.655 bits per heavy atom. The van der Waals surface area contributed by atoms with Gasteiger partial charge in [-0.1, -0.05) is 157 Å². The highest BCUT2D eigenvalue weighted by Crippen LogP contribution is 2.43. The number of allylic oxidation sites excluding steroid dienone is 9. The van der Waals surface area contributed by atoms with Crippen molar-refractivity contribution in [3.63, 3.8) is 0 Å². The Balaban J connectivity index is 4.58. The van der Waals surface area contributed by atoms with Gasteiger partial charge in [-0.25, -0.2) is 4.57 Å². The first-order valence-corrected chi connectivity index (χ1v) is 22.6. The maximum atomic E-state index is 12.6. The molecule has 14 heteroatoms. The molecule has 0 fully saturated rings. The number of rotatable bonds is 38. The monoisotopic (exact) mass is 839 g/mol. The number of aliphatic carboxylic acids is 1. The van der Waals surface area contributed by atoms with E-state index in [9.17, 15) is 34.1 Å². The molecule has 0 aromatic rings. The van der Waals surface area contributed by atoms with Crippen LogP contribution >= 0.6 is 7.82 Å². The summed E-state index contributed by atoms with van der Waals surface area (Å²) in [6, 6.07) is -1.55. The van der Waals surface area contributed by atoms with E-state index < -0.39 is 69.9 Å². The van der Waals surface area contributed by atoms with Gasteiger partial charge in [-0.2, -0.15) is 0 Å². The van der Waals surface area contributed by atoms with E-state index >= 15 is 0 Å². The minimum absolute atomic E-state index is 0.00112. The van der Waals surface area contributed by atoms with Crippen LogP contribution < -0.4 is 5.73 Å². The highest BCUT2D eigenvalue weighted by atomic mass is 31.2. The van der Waals surface area contributed by atoms with Crippen molar-refractivity contribution in [3.05, 3.63) is 72.9 Å². The zero-order valence-corrected chi connectivity index (χ0v) is 36.0. The zero-order chi connectivity index (χ0) is 43.1. The molecule has 6 N–H and O–H groups in total. The minimum Gasteiger partial charge on any atom is -0.480 e. The molecule has 0 saturated heterocycles. The molecule has 0 aliphatic rings. The normalized spacial score (nSPS) is 15.6. The van der Waals surface area contributed by atoms with Gasteiger partial charge in [-0.15, -0.1) is 0 Å². The molecule has 5 atom stereocenters. The van der Waals surface area contributed by atoms with Crippen LogP contribution in [0.2, 0.25) is 0 Å². The molecular weight excluding hydrogens is 765 g/mol. The number of aliphatic hydroxyl groups excluding tert-OH is 2. The van der Waals surface area contributed by atoms with Gasteiger partial charge in [0.1, 0.15) is 12.6 Å². The zero-order valence-electron chi connectivity index (χ0n) is 35.1. The van der Waals surface area contributed by atoms with Crippen molar-refractivity contribution in [2.45, 2.75) is 167 Å². The molecule has 0 aliphatic carbocycles. The number of carboxylic acids is 1. The van der Waals surface area contributed by atoms with E-state index in [-0.39, 0.29) is 12.8 Å². The Labute approximate surface area is 347 Å². The van der Waals surface area contributed by atoms with E-state index in [1.807, 2.05) is 54.7 Å². The maximum Gasteiger partial charge on any atom is 0.472 e. The van der Waals surface area contributed by atoms with Crippen molar-refractivity contribution in [1.82, 2.24) is 0 Å². The molecule has 0 radical (unpaired) electrons. The summed E-state index contributed by atoms with van der Waals surface area (Å²) in [4.78, 5) is 45.9. The topological polar surface area (TPSA) is 212 Å². The first kappa shape index (κ1) is 54.8. The van der Waals surface area contributed by atoms with Gasteiger partial charge in [0.05, 0.1) is 25.4 Å². The fourth-order valence-electron chi connectivity index (χ4n) is 5.25. The van der Waals surface area contributed by atoms with Crippen LogP contribution in [0, 0.1) is 0 Å². The van der Waals surface area contributed by atoms with Gasteiger partial charge < -0.3 is 35.4 Å². The third-order valence-electron chi connectivity index (χ3n) is 8.58. The van der Waals surface area contributed by atoms with Crippen LogP contribution in [0.1, 0.15) is 142 Å². The fraction of sp³-hybridized carbons (Fsp3) is 0.659. The number of hydrogen-bond acceptors (Lipinski definition) is 11. The molecular formula is C44H74NO12P. The number of ether oxygens (including phenoxy) is 2. The highest BCUT2D eigenvalue weighted by Gasteiger charge is 2.28. The molecule has 0 saturated carbocycles. The Hall–Kier alpha value is -3.16. The molecule has 0 spiro atoms. The summed E-state index contributed by atoms with van der Waals surface area (Å²) in [6.45, 7) is 2.10. The number of esters is 2. The summed E-state index contributed by atoms with van der Waals surface area (Å²) in [5, 5.41) is 28.0. The Morgan fingerprint density at radius 2 is 1.21 bits per heavy atom. The van der Waals surface area contributed by atoms with E-state index in [0.717, 1.165) is 19.3 Å². The molecule has 0 rings (SSSR count). The lowest BCUT2D eigenvalue weighted by Gasteiger charge is -2.20. The van der Waals surface area contributed by atoms with Crippen molar-refractivity contribution in [2.24, 2.45) is 5.73 Å². The van der Waals surface area contributed by atoms with Gasteiger partial charge in [-0.3, -0.25) is 23.4 Å². The Bertz CT molecular complexity index is 1290. The molecule has 0 bridgehead atoms. The summed E-state index contributed by atoms with van der Waals surface area (Å²) in [5.74, 6) is -2.55. The summed E-state index contributed by atoms with van der Waals surface area (Å²) >= 11 is 0. The van der Waals surface area contributed by atoms with Gasteiger partial charge in [0, 0.05) is 12.8 Å². The first-order valence-electron chi connectivity index (χ1n) is 21.1. The van der Waals surface area contributed by atoms with Crippen LogP contribution in [-0.2, 0) is 37.5 Å². The lowest BCUT2D eigenvalue weighted by Crippen LogP contribution is -2.34. The van der Waals surface area contributed by atoms with E-state index in [2.05, 4.69) is 11.4 Å². The predicted octanol–water partition coefficient (Wildman–Crippen LogP) is 8.89. The molecule has 0 heterocycles. The molecule has 0 amide bonds. The highest BCUT2D eigenvalue weighted by molar-refractivity contribution is 7.47. The predicted molar refractivity (Wildman–Crippen MR) is 229 cm³/mol. The molecule has 13 nitrogen and oxygen atoms in total. The van der Waals surface area contributed by atoms with E-state index in [1.54, 1.807) is 25.2 Å². The molecule has 58 heavy (non-hydrogen) atoms. The SMILES string of the molecule is CCCCCCCCCCCCCCCC(=O)OCC(COP(=O)(O)OCC(N)C(=O)O)OC(=O)CC/C=C/C/C=C/C/C=C/C=C\C(O)C/C=C/C/C=C\C(C)O.